The lowest BCUT2D eigenvalue weighted by molar-refractivity contribution is 1.72. The lowest BCUT2D eigenvalue weighted by Crippen LogP contribution is -1.49. The van der Waals surface area contributed by atoms with Crippen molar-refractivity contribution in [3.05, 3.63) is 48.6 Å². The Morgan fingerprint density at radius 2 is 0.800 bits per heavy atom. The lowest BCUT2D eigenvalue weighted by Gasteiger charge is -1.71. The topological polar surface area (TPSA) is 0 Å². The lowest BCUT2D eigenvalue weighted by atomic mass is 10.4. The van der Waals surface area contributed by atoms with E-state index in [0.717, 1.165) is 0 Å². The first kappa shape index (κ1) is 8.96. The summed E-state index contributed by atoms with van der Waals surface area (Å²) in [6, 6.07) is 0. The molecule has 0 unspecified atom stereocenters. The molecule has 0 aromatic heterocycles. The molecule has 10 heavy (non-hydrogen) atoms. The van der Waals surface area contributed by atoms with Gasteiger partial charge < -0.3 is 0 Å². The van der Waals surface area contributed by atoms with Crippen LogP contribution < -0.4 is 0 Å². The summed E-state index contributed by atoms with van der Waals surface area (Å²) < 4.78 is 0. The van der Waals surface area contributed by atoms with Gasteiger partial charge in [0.05, 0.1) is 0 Å². The molecule has 0 bridgehead atoms. The molecule has 0 atom stereocenters. The second-order valence-corrected chi connectivity index (χ2v) is 1.82. The summed E-state index contributed by atoms with van der Waals surface area (Å²) >= 11 is 0. The molecule has 0 aromatic carbocycles. The molecule has 0 aliphatic rings. The van der Waals surface area contributed by atoms with E-state index in [1.54, 1.807) is 0 Å². The molecule has 54 valence electrons. The van der Waals surface area contributed by atoms with Crippen molar-refractivity contribution < 1.29 is 0 Å². The molecule has 0 saturated heterocycles. The smallest absolute Gasteiger partial charge is 0.0467 e. The van der Waals surface area contributed by atoms with Gasteiger partial charge in [-0.3, -0.25) is 0 Å². The van der Waals surface area contributed by atoms with Crippen LogP contribution in [0.1, 0.15) is 13.8 Å². The summed E-state index contributed by atoms with van der Waals surface area (Å²) in [7, 11) is 0. The minimum absolute atomic E-state index is 2.00. The molecular weight excluding hydrogens is 120 g/mol. The van der Waals surface area contributed by atoms with Crippen molar-refractivity contribution in [2.45, 2.75) is 13.8 Å². The number of hydrogen-bond acceptors (Lipinski definition) is 0. The maximum absolute atomic E-state index is 2.00. The van der Waals surface area contributed by atoms with Gasteiger partial charge in [-0.15, -0.1) is 0 Å². The maximum Gasteiger partial charge on any atom is -0.0467 e. The van der Waals surface area contributed by atoms with Crippen molar-refractivity contribution in [2.24, 2.45) is 0 Å². The van der Waals surface area contributed by atoms with E-state index in [0.29, 0.717) is 0 Å². The Labute approximate surface area is 63.3 Å². The van der Waals surface area contributed by atoms with E-state index < -0.39 is 0 Å². The van der Waals surface area contributed by atoms with Gasteiger partial charge in [-0.2, -0.15) is 0 Å². The molecule has 0 nitrogen and oxygen atoms in total. The highest BCUT2D eigenvalue weighted by Crippen LogP contribution is 1.80. The summed E-state index contributed by atoms with van der Waals surface area (Å²) in [5.74, 6) is 0. The molecule has 0 aliphatic carbocycles. The Balaban J connectivity index is 3.51. The van der Waals surface area contributed by atoms with Gasteiger partial charge in [0.1, 0.15) is 0 Å². The van der Waals surface area contributed by atoms with E-state index in [-0.39, 0.29) is 0 Å². The first-order chi connectivity index (χ1) is 4.91. The molecule has 0 radical (unpaired) electrons. The first-order valence-corrected chi connectivity index (χ1v) is 3.49. The minimum atomic E-state index is 2.00. The molecule has 0 heteroatoms. The van der Waals surface area contributed by atoms with Crippen molar-refractivity contribution in [2.75, 3.05) is 0 Å². The van der Waals surface area contributed by atoms with Gasteiger partial charge in [0, 0.05) is 0 Å². The molecule has 0 aromatic rings. The Bertz CT molecular complexity index is 137. The molecule has 0 N–H and O–H groups in total. The standard InChI is InChI=1S/C10H14/c1-3-5-7-9-10-8-6-4-2/h3-10H,1-2H3. The van der Waals surface area contributed by atoms with Crippen LogP contribution in [0.4, 0.5) is 0 Å². The summed E-state index contributed by atoms with van der Waals surface area (Å²) in [4.78, 5) is 0. The Kier molecular flexibility index (Phi) is 7.13. The van der Waals surface area contributed by atoms with Crippen molar-refractivity contribution in [3.8, 4) is 0 Å². The normalized spacial score (nSPS) is 13.4. The fourth-order valence-electron chi connectivity index (χ4n) is 0.479. The number of allylic oxidation sites excluding steroid dienone is 8. The molecule has 0 saturated carbocycles. The van der Waals surface area contributed by atoms with Crippen LogP contribution in [0.2, 0.25) is 0 Å². The fourth-order valence-corrected chi connectivity index (χ4v) is 0.479. The van der Waals surface area contributed by atoms with Crippen molar-refractivity contribution in [1.82, 2.24) is 0 Å². The highest BCUT2D eigenvalue weighted by molar-refractivity contribution is 5.14. The van der Waals surface area contributed by atoms with Gasteiger partial charge >= 0.3 is 0 Å². The van der Waals surface area contributed by atoms with Crippen molar-refractivity contribution in [1.29, 1.82) is 0 Å². The molecule has 0 rings (SSSR count). The second-order valence-electron chi connectivity index (χ2n) is 1.82. The summed E-state index contributed by atoms with van der Waals surface area (Å²) in [5, 5.41) is 0. The van der Waals surface area contributed by atoms with Crippen LogP contribution in [0.15, 0.2) is 48.6 Å². The fraction of sp³-hybridized carbons (Fsp3) is 0.200. The van der Waals surface area contributed by atoms with E-state index >= 15 is 0 Å². The van der Waals surface area contributed by atoms with Gasteiger partial charge in [0.2, 0.25) is 0 Å². The average Bonchev–Trinajstić information content (AvgIpc) is 1.97. The predicted octanol–water partition coefficient (Wildman–Crippen LogP) is 3.25. The van der Waals surface area contributed by atoms with Gasteiger partial charge in [0.25, 0.3) is 0 Å². The van der Waals surface area contributed by atoms with Crippen molar-refractivity contribution >= 4 is 0 Å². The predicted molar refractivity (Wildman–Crippen MR) is 47.9 cm³/mol. The third kappa shape index (κ3) is 6.96. The molecular formula is C10H14. The van der Waals surface area contributed by atoms with Crippen LogP contribution in [0.5, 0.6) is 0 Å². The number of hydrogen-bond donors (Lipinski definition) is 0. The summed E-state index contributed by atoms with van der Waals surface area (Å²) in [6.07, 6.45) is 16.0. The van der Waals surface area contributed by atoms with E-state index in [2.05, 4.69) is 0 Å². The monoisotopic (exact) mass is 134 g/mol. The molecule has 0 fully saturated rings. The third-order valence-electron chi connectivity index (χ3n) is 0.940. The zero-order chi connectivity index (χ0) is 7.66. The quantitative estimate of drug-likeness (QED) is 0.520. The third-order valence-corrected chi connectivity index (χ3v) is 0.940. The van der Waals surface area contributed by atoms with Gasteiger partial charge in [-0.05, 0) is 13.8 Å². The van der Waals surface area contributed by atoms with Crippen LogP contribution in [-0.2, 0) is 0 Å². The van der Waals surface area contributed by atoms with Crippen molar-refractivity contribution in [3.63, 3.8) is 0 Å². The highest BCUT2D eigenvalue weighted by atomic mass is 13.7. The average molecular weight is 134 g/mol. The minimum Gasteiger partial charge on any atom is -0.0877 e. The van der Waals surface area contributed by atoms with Crippen LogP contribution in [0.25, 0.3) is 0 Å². The first-order valence-electron chi connectivity index (χ1n) is 3.49. The zero-order valence-corrected chi connectivity index (χ0v) is 6.62. The van der Waals surface area contributed by atoms with E-state index in [1.807, 2.05) is 62.5 Å². The number of rotatable bonds is 3. The SMILES string of the molecule is CC=CC=CC=CC=CC. The Morgan fingerprint density at radius 3 is 1.10 bits per heavy atom. The van der Waals surface area contributed by atoms with Gasteiger partial charge in [-0.1, -0.05) is 48.6 Å². The van der Waals surface area contributed by atoms with E-state index in [4.69, 9.17) is 0 Å². The molecule has 0 heterocycles. The van der Waals surface area contributed by atoms with E-state index in [9.17, 15) is 0 Å². The molecule has 0 spiro atoms. The second kappa shape index (κ2) is 7.96. The largest absolute Gasteiger partial charge is 0.0877 e. The van der Waals surface area contributed by atoms with Crippen LogP contribution in [-0.4, -0.2) is 0 Å². The zero-order valence-electron chi connectivity index (χ0n) is 6.62. The van der Waals surface area contributed by atoms with Crippen LogP contribution in [0.3, 0.4) is 0 Å². The Morgan fingerprint density at radius 1 is 0.500 bits per heavy atom. The Hall–Kier alpha value is -1.04. The summed E-state index contributed by atoms with van der Waals surface area (Å²) in [5.41, 5.74) is 0. The van der Waals surface area contributed by atoms with Gasteiger partial charge in [0.15, 0.2) is 0 Å². The molecule has 0 amide bonds. The van der Waals surface area contributed by atoms with Crippen LogP contribution >= 0.6 is 0 Å². The van der Waals surface area contributed by atoms with Gasteiger partial charge in [-0.25, -0.2) is 0 Å². The maximum atomic E-state index is 2.00. The van der Waals surface area contributed by atoms with E-state index in [1.165, 1.54) is 0 Å². The van der Waals surface area contributed by atoms with Crippen LogP contribution in [0, 0.1) is 0 Å². The summed E-state index contributed by atoms with van der Waals surface area (Å²) in [6.45, 7) is 4.00. The highest BCUT2D eigenvalue weighted by Gasteiger charge is 1.58. The molecule has 0 aliphatic heterocycles.